The number of aliphatic hydroxyl groups is 1. The van der Waals surface area contributed by atoms with Gasteiger partial charge in [0.15, 0.2) is 0 Å². The van der Waals surface area contributed by atoms with Gasteiger partial charge in [0, 0.05) is 12.1 Å². The number of aliphatic hydroxyl groups excluding tert-OH is 1. The Morgan fingerprint density at radius 1 is 1.37 bits per heavy atom. The Morgan fingerprint density at radius 3 is 2.37 bits per heavy atom. The minimum Gasteiger partial charge on any atom is -0.396 e. The first-order valence-corrected chi connectivity index (χ1v) is 6.77. The number of rotatable bonds is 5. The predicted molar refractivity (Wildman–Crippen MR) is 78.7 cm³/mol. The van der Waals surface area contributed by atoms with Gasteiger partial charge in [-0.1, -0.05) is 37.0 Å². The molecule has 1 rings (SSSR count). The van der Waals surface area contributed by atoms with Crippen molar-refractivity contribution >= 4 is 34.8 Å². The first-order valence-electron chi connectivity index (χ1n) is 6.02. The van der Waals surface area contributed by atoms with Crippen LogP contribution in [0.25, 0.3) is 0 Å². The topological polar surface area (TPSA) is 75.3 Å². The Labute approximate surface area is 122 Å². The zero-order valence-electron chi connectivity index (χ0n) is 10.9. The Kier molecular flexibility index (Phi) is 5.91. The molecule has 19 heavy (non-hydrogen) atoms. The van der Waals surface area contributed by atoms with Crippen molar-refractivity contribution in [2.45, 2.75) is 26.4 Å². The molecule has 0 aliphatic carbocycles. The van der Waals surface area contributed by atoms with Gasteiger partial charge >= 0.3 is 0 Å². The van der Waals surface area contributed by atoms with Crippen molar-refractivity contribution in [2.24, 2.45) is 5.92 Å². The number of nitrogens with one attached hydrogen (secondary N) is 1. The van der Waals surface area contributed by atoms with Gasteiger partial charge in [0.05, 0.1) is 21.8 Å². The Hall–Kier alpha value is -0.970. The molecule has 1 unspecified atom stereocenters. The lowest BCUT2D eigenvalue weighted by Crippen LogP contribution is -2.32. The normalized spacial score (nSPS) is 12.5. The van der Waals surface area contributed by atoms with E-state index in [0.29, 0.717) is 17.9 Å². The summed E-state index contributed by atoms with van der Waals surface area (Å²) in [5, 5.41) is 12.8. The molecule has 106 valence electrons. The van der Waals surface area contributed by atoms with Gasteiger partial charge in [-0.3, -0.25) is 4.79 Å². The third-order valence-electron chi connectivity index (χ3n) is 2.58. The molecule has 0 radical (unpaired) electrons. The number of carbonyl (C=O) groups is 1. The van der Waals surface area contributed by atoms with Gasteiger partial charge in [-0.15, -0.1) is 0 Å². The van der Waals surface area contributed by atoms with Gasteiger partial charge in [0.1, 0.15) is 0 Å². The lowest BCUT2D eigenvalue weighted by Gasteiger charge is -2.14. The molecular weight excluding hydrogens is 287 g/mol. The minimum atomic E-state index is -0.566. The average molecular weight is 305 g/mol. The van der Waals surface area contributed by atoms with Crippen LogP contribution in [0.3, 0.4) is 0 Å². The largest absolute Gasteiger partial charge is 0.396 e. The van der Waals surface area contributed by atoms with Gasteiger partial charge < -0.3 is 16.2 Å². The number of anilines is 1. The van der Waals surface area contributed by atoms with E-state index in [1.165, 1.54) is 12.1 Å². The molecule has 1 aromatic carbocycles. The second-order valence-electron chi connectivity index (χ2n) is 4.85. The second kappa shape index (κ2) is 6.98. The number of nitrogen functional groups attached to an aromatic ring is 1. The molecule has 4 N–H and O–H groups in total. The van der Waals surface area contributed by atoms with Crippen LogP contribution in [-0.4, -0.2) is 23.7 Å². The zero-order chi connectivity index (χ0) is 14.6. The zero-order valence-corrected chi connectivity index (χ0v) is 12.4. The molecule has 1 amide bonds. The summed E-state index contributed by atoms with van der Waals surface area (Å²) < 4.78 is 0. The minimum absolute atomic E-state index is 0.191. The number of benzene rings is 1. The van der Waals surface area contributed by atoms with Crippen molar-refractivity contribution < 1.29 is 9.90 Å². The average Bonchev–Trinajstić information content (AvgIpc) is 2.31. The van der Waals surface area contributed by atoms with Gasteiger partial charge in [-0.25, -0.2) is 0 Å². The number of hydrogen-bond acceptors (Lipinski definition) is 3. The van der Waals surface area contributed by atoms with Crippen LogP contribution in [0.5, 0.6) is 0 Å². The molecule has 0 aliphatic rings. The smallest absolute Gasteiger partial charge is 0.251 e. The molecule has 1 atom stereocenters. The van der Waals surface area contributed by atoms with E-state index in [-0.39, 0.29) is 28.2 Å². The maximum absolute atomic E-state index is 11.9. The molecular formula is C13H18Cl2N2O2. The highest BCUT2D eigenvalue weighted by Crippen LogP contribution is 2.28. The maximum Gasteiger partial charge on any atom is 0.251 e. The van der Waals surface area contributed by atoms with Crippen LogP contribution < -0.4 is 11.1 Å². The molecule has 0 aromatic heterocycles. The van der Waals surface area contributed by atoms with E-state index in [2.05, 4.69) is 5.32 Å². The van der Waals surface area contributed by atoms with E-state index < -0.39 is 6.10 Å². The number of halogens is 2. The fraction of sp³-hybridized carbons (Fsp3) is 0.462. The molecule has 0 heterocycles. The molecule has 0 fully saturated rings. The monoisotopic (exact) mass is 304 g/mol. The van der Waals surface area contributed by atoms with E-state index in [4.69, 9.17) is 28.9 Å². The van der Waals surface area contributed by atoms with Crippen molar-refractivity contribution in [1.82, 2.24) is 5.32 Å². The fourth-order valence-electron chi connectivity index (χ4n) is 1.66. The summed E-state index contributed by atoms with van der Waals surface area (Å²) in [5.74, 6) is 0.0268. The van der Waals surface area contributed by atoms with E-state index >= 15 is 0 Å². The molecule has 6 heteroatoms. The standard InChI is InChI=1S/C13H18Cl2N2O2/c1-7(2)3-9(18)6-17-13(19)8-4-10(14)12(16)11(15)5-8/h4-5,7,9,18H,3,6,16H2,1-2H3,(H,17,19). The summed E-state index contributed by atoms with van der Waals surface area (Å²) in [4.78, 5) is 11.9. The first kappa shape index (κ1) is 16.1. The van der Waals surface area contributed by atoms with Crippen LogP contribution in [0.15, 0.2) is 12.1 Å². The van der Waals surface area contributed by atoms with Gasteiger partial charge in [0.2, 0.25) is 0 Å². The van der Waals surface area contributed by atoms with E-state index in [1.807, 2.05) is 13.8 Å². The van der Waals surface area contributed by atoms with Crippen molar-refractivity contribution in [3.63, 3.8) is 0 Å². The van der Waals surface area contributed by atoms with Crippen LogP contribution in [0, 0.1) is 5.92 Å². The Bertz CT molecular complexity index is 441. The summed E-state index contributed by atoms with van der Waals surface area (Å²) in [6.07, 6.45) is 0.0625. The van der Waals surface area contributed by atoms with E-state index in [0.717, 1.165) is 0 Å². The second-order valence-corrected chi connectivity index (χ2v) is 5.66. The van der Waals surface area contributed by atoms with Gasteiger partial charge in [-0.2, -0.15) is 0 Å². The van der Waals surface area contributed by atoms with Crippen molar-refractivity contribution in [3.05, 3.63) is 27.7 Å². The number of amides is 1. The highest BCUT2D eigenvalue weighted by atomic mass is 35.5. The Morgan fingerprint density at radius 2 is 1.89 bits per heavy atom. The highest BCUT2D eigenvalue weighted by molar-refractivity contribution is 6.39. The van der Waals surface area contributed by atoms with Crippen molar-refractivity contribution in [2.75, 3.05) is 12.3 Å². The van der Waals surface area contributed by atoms with Crippen LogP contribution >= 0.6 is 23.2 Å². The van der Waals surface area contributed by atoms with Gasteiger partial charge in [-0.05, 0) is 24.5 Å². The van der Waals surface area contributed by atoms with Crippen molar-refractivity contribution in [1.29, 1.82) is 0 Å². The maximum atomic E-state index is 11.9. The lowest BCUT2D eigenvalue weighted by molar-refractivity contribution is 0.0900. The summed E-state index contributed by atoms with van der Waals surface area (Å²) >= 11 is 11.7. The summed E-state index contributed by atoms with van der Waals surface area (Å²) in [6, 6.07) is 2.90. The van der Waals surface area contributed by atoms with Crippen LogP contribution in [0.2, 0.25) is 10.0 Å². The quantitative estimate of drug-likeness (QED) is 0.732. The van der Waals surface area contributed by atoms with Gasteiger partial charge in [0.25, 0.3) is 5.91 Å². The van der Waals surface area contributed by atoms with Crippen LogP contribution in [0.1, 0.15) is 30.6 Å². The Balaban J connectivity index is 2.64. The third kappa shape index (κ3) is 4.90. The molecule has 0 saturated heterocycles. The molecule has 0 bridgehead atoms. The van der Waals surface area contributed by atoms with Crippen LogP contribution in [0.4, 0.5) is 5.69 Å². The predicted octanol–water partition coefficient (Wildman–Crippen LogP) is 2.71. The molecule has 0 aliphatic heterocycles. The van der Waals surface area contributed by atoms with Crippen molar-refractivity contribution in [3.8, 4) is 0 Å². The SMILES string of the molecule is CC(C)CC(O)CNC(=O)c1cc(Cl)c(N)c(Cl)c1. The van der Waals surface area contributed by atoms with Crippen LogP contribution in [-0.2, 0) is 0 Å². The van der Waals surface area contributed by atoms with E-state index in [1.54, 1.807) is 0 Å². The summed E-state index contributed by atoms with van der Waals surface area (Å²) in [5.41, 5.74) is 6.16. The highest BCUT2D eigenvalue weighted by Gasteiger charge is 2.13. The molecule has 0 saturated carbocycles. The third-order valence-corrected chi connectivity index (χ3v) is 3.21. The lowest BCUT2D eigenvalue weighted by atomic mass is 10.1. The molecule has 1 aromatic rings. The molecule has 0 spiro atoms. The summed E-state index contributed by atoms with van der Waals surface area (Å²) in [6.45, 7) is 4.20. The number of nitrogens with two attached hydrogens (primary N) is 1. The fourth-order valence-corrected chi connectivity index (χ4v) is 2.14. The first-order chi connectivity index (χ1) is 8.81. The number of carbonyl (C=O) groups excluding carboxylic acids is 1. The summed E-state index contributed by atoms with van der Waals surface area (Å²) in [7, 11) is 0. The van der Waals surface area contributed by atoms with E-state index in [9.17, 15) is 9.90 Å². The molecule has 4 nitrogen and oxygen atoms in total. The number of hydrogen-bond donors (Lipinski definition) is 3.